The van der Waals surface area contributed by atoms with Crippen molar-refractivity contribution < 1.29 is 0 Å². The van der Waals surface area contributed by atoms with Crippen molar-refractivity contribution in [3.8, 4) is 22.3 Å². The standard InChI is InChI=1S/C26H30/c1-25(2,3)23-17-11-9-15-21(23)19-13-7-8-14-20(19)22-16-10-12-18-24(22)26(4,5)6/h7-18H,1-6H3. The average molecular weight is 343 g/mol. The third-order valence-corrected chi connectivity index (χ3v) is 4.98. The van der Waals surface area contributed by atoms with Gasteiger partial charge in [0.1, 0.15) is 0 Å². The van der Waals surface area contributed by atoms with Crippen molar-refractivity contribution in [3.05, 3.63) is 83.9 Å². The monoisotopic (exact) mass is 342 g/mol. The molecular formula is C26H30. The molecule has 0 nitrogen and oxygen atoms in total. The molecule has 0 aliphatic carbocycles. The van der Waals surface area contributed by atoms with E-state index < -0.39 is 0 Å². The second-order valence-electron chi connectivity index (χ2n) is 9.14. The van der Waals surface area contributed by atoms with Gasteiger partial charge in [-0.05, 0) is 44.2 Å². The molecule has 0 amide bonds. The van der Waals surface area contributed by atoms with Crippen molar-refractivity contribution in [3.63, 3.8) is 0 Å². The molecule has 0 heterocycles. The van der Waals surface area contributed by atoms with Crippen molar-refractivity contribution in [1.82, 2.24) is 0 Å². The van der Waals surface area contributed by atoms with Crippen LogP contribution in [0.4, 0.5) is 0 Å². The van der Waals surface area contributed by atoms with Crippen molar-refractivity contribution in [1.29, 1.82) is 0 Å². The first-order valence-corrected chi connectivity index (χ1v) is 9.48. The topological polar surface area (TPSA) is 0 Å². The highest BCUT2D eigenvalue weighted by atomic mass is 14.3. The molecule has 26 heavy (non-hydrogen) atoms. The molecule has 0 aliphatic heterocycles. The van der Waals surface area contributed by atoms with E-state index in [1.54, 1.807) is 0 Å². The summed E-state index contributed by atoms with van der Waals surface area (Å²) >= 11 is 0. The van der Waals surface area contributed by atoms with Crippen molar-refractivity contribution >= 4 is 0 Å². The first kappa shape index (κ1) is 18.5. The maximum absolute atomic E-state index is 2.29. The SMILES string of the molecule is CC(C)(C)c1ccccc1-c1ccccc1-c1ccccc1C(C)(C)C. The van der Waals surface area contributed by atoms with E-state index in [1.807, 2.05) is 0 Å². The van der Waals surface area contributed by atoms with Crippen LogP contribution < -0.4 is 0 Å². The molecule has 3 aromatic rings. The molecule has 0 saturated heterocycles. The van der Waals surface area contributed by atoms with Crippen molar-refractivity contribution in [2.45, 2.75) is 52.4 Å². The highest BCUT2D eigenvalue weighted by Gasteiger charge is 2.22. The smallest absolute Gasteiger partial charge is 0.0102 e. The van der Waals surface area contributed by atoms with E-state index in [4.69, 9.17) is 0 Å². The molecule has 0 bridgehead atoms. The third kappa shape index (κ3) is 3.60. The number of rotatable bonds is 2. The molecule has 0 saturated carbocycles. The minimum atomic E-state index is 0.104. The molecule has 0 aromatic heterocycles. The minimum Gasteiger partial charge on any atom is -0.0619 e. The third-order valence-electron chi connectivity index (χ3n) is 4.98. The van der Waals surface area contributed by atoms with E-state index in [9.17, 15) is 0 Å². The van der Waals surface area contributed by atoms with Crippen LogP contribution in [0.15, 0.2) is 72.8 Å². The van der Waals surface area contributed by atoms with E-state index in [-0.39, 0.29) is 10.8 Å². The van der Waals surface area contributed by atoms with E-state index in [2.05, 4.69) is 114 Å². The van der Waals surface area contributed by atoms with Crippen LogP contribution in [0.25, 0.3) is 22.3 Å². The average Bonchev–Trinajstić information content (AvgIpc) is 2.60. The van der Waals surface area contributed by atoms with Crippen LogP contribution in [0.5, 0.6) is 0 Å². The molecule has 0 aliphatic rings. The van der Waals surface area contributed by atoms with Crippen LogP contribution in [-0.4, -0.2) is 0 Å². The predicted octanol–water partition coefficient (Wildman–Crippen LogP) is 7.62. The van der Waals surface area contributed by atoms with Gasteiger partial charge in [0.05, 0.1) is 0 Å². The van der Waals surface area contributed by atoms with Crippen LogP contribution >= 0.6 is 0 Å². The summed E-state index contributed by atoms with van der Waals surface area (Å²) in [7, 11) is 0. The van der Waals surface area contributed by atoms with Gasteiger partial charge < -0.3 is 0 Å². The van der Waals surface area contributed by atoms with Gasteiger partial charge in [-0.15, -0.1) is 0 Å². The van der Waals surface area contributed by atoms with Gasteiger partial charge in [0.25, 0.3) is 0 Å². The van der Waals surface area contributed by atoms with Gasteiger partial charge >= 0.3 is 0 Å². The summed E-state index contributed by atoms with van der Waals surface area (Å²) in [4.78, 5) is 0. The van der Waals surface area contributed by atoms with E-state index in [0.29, 0.717) is 0 Å². The van der Waals surface area contributed by atoms with E-state index in [0.717, 1.165) is 0 Å². The molecule has 0 heteroatoms. The van der Waals surface area contributed by atoms with Gasteiger partial charge in [0.15, 0.2) is 0 Å². The van der Waals surface area contributed by atoms with Gasteiger partial charge in [-0.25, -0.2) is 0 Å². The zero-order valence-corrected chi connectivity index (χ0v) is 16.9. The fourth-order valence-electron chi connectivity index (χ4n) is 3.70. The lowest BCUT2D eigenvalue weighted by molar-refractivity contribution is 0.591. The summed E-state index contributed by atoms with van der Waals surface area (Å²) in [5.74, 6) is 0. The first-order chi connectivity index (χ1) is 12.2. The van der Waals surface area contributed by atoms with Gasteiger partial charge in [-0.2, -0.15) is 0 Å². The lowest BCUT2D eigenvalue weighted by atomic mass is 9.78. The Morgan fingerprint density at radius 1 is 0.385 bits per heavy atom. The van der Waals surface area contributed by atoms with E-state index >= 15 is 0 Å². The molecule has 3 rings (SSSR count). The summed E-state index contributed by atoms with van der Waals surface area (Å²) < 4.78 is 0. The van der Waals surface area contributed by atoms with Crippen LogP contribution in [0.3, 0.4) is 0 Å². The van der Waals surface area contributed by atoms with Gasteiger partial charge in [-0.3, -0.25) is 0 Å². The summed E-state index contributed by atoms with van der Waals surface area (Å²) in [5.41, 5.74) is 8.28. The lowest BCUT2D eigenvalue weighted by Gasteiger charge is -2.26. The Morgan fingerprint density at radius 2 is 0.654 bits per heavy atom. The molecule has 0 spiro atoms. The summed E-state index contributed by atoms with van der Waals surface area (Å²) in [6, 6.07) is 26.5. The quantitative estimate of drug-likeness (QED) is 0.449. The van der Waals surface area contributed by atoms with Crippen LogP contribution in [0.1, 0.15) is 52.7 Å². The molecule has 134 valence electrons. The molecule has 0 fully saturated rings. The fraction of sp³-hybridized carbons (Fsp3) is 0.308. The van der Waals surface area contributed by atoms with Crippen LogP contribution in [-0.2, 0) is 10.8 Å². The van der Waals surface area contributed by atoms with Crippen molar-refractivity contribution in [2.75, 3.05) is 0 Å². The molecule has 0 unspecified atom stereocenters. The normalized spacial score (nSPS) is 12.2. The first-order valence-electron chi connectivity index (χ1n) is 9.48. The Bertz CT molecular complexity index is 825. The zero-order valence-electron chi connectivity index (χ0n) is 16.9. The van der Waals surface area contributed by atoms with Gasteiger partial charge in [-0.1, -0.05) is 114 Å². The Balaban J connectivity index is 2.29. The summed E-state index contributed by atoms with van der Waals surface area (Å²) in [6.07, 6.45) is 0. The van der Waals surface area contributed by atoms with Gasteiger partial charge in [0, 0.05) is 0 Å². The zero-order chi connectivity index (χ0) is 18.9. The molecule has 0 atom stereocenters. The molecular weight excluding hydrogens is 312 g/mol. The number of hydrogen-bond donors (Lipinski definition) is 0. The maximum atomic E-state index is 2.29. The van der Waals surface area contributed by atoms with E-state index in [1.165, 1.54) is 33.4 Å². The number of benzene rings is 3. The predicted molar refractivity (Wildman–Crippen MR) is 115 cm³/mol. The Hall–Kier alpha value is -2.34. The highest BCUT2D eigenvalue weighted by Crippen LogP contribution is 2.41. The van der Waals surface area contributed by atoms with Crippen molar-refractivity contribution in [2.24, 2.45) is 0 Å². The fourth-order valence-corrected chi connectivity index (χ4v) is 3.70. The van der Waals surface area contributed by atoms with Crippen LogP contribution in [0, 0.1) is 0 Å². The molecule has 0 N–H and O–H groups in total. The molecule has 3 aromatic carbocycles. The van der Waals surface area contributed by atoms with Crippen LogP contribution in [0.2, 0.25) is 0 Å². The Labute approximate surface area is 158 Å². The molecule has 0 radical (unpaired) electrons. The Morgan fingerprint density at radius 3 is 0.962 bits per heavy atom. The second kappa shape index (κ2) is 6.76. The lowest BCUT2D eigenvalue weighted by Crippen LogP contribution is -2.14. The number of hydrogen-bond acceptors (Lipinski definition) is 0. The minimum absolute atomic E-state index is 0.104. The van der Waals surface area contributed by atoms with Gasteiger partial charge in [0.2, 0.25) is 0 Å². The highest BCUT2D eigenvalue weighted by molar-refractivity contribution is 5.86. The second-order valence-corrected chi connectivity index (χ2v) is 9.14. The summed E-state index contributed by atoms with van der Waals surface area (Å²) in [5, 5.41) is 0. The Kier molecular flexibility index (Phi) is 4.80. The maximum Gasteiger partial charge on any atom is -0.0102 e. The summed E-state index contributed by atoms with van der Waals surface area (Å²) in [6.45, 7) is 13.7. The largest absolute Gasteiger partial charge is 0.0619 e.